The lowest BCUT2D eigenvalue weighted by molar-refractivity contribution is -0.0274. The van der Waals surface area contributed by atoms with Crippen LogP contribution in [0.25, 0.3) is 0 Å². The highest BCUT2D eigenvalue weighted by Gasteiger charge is 2.39. The zero-order chi connectivity index (χ0) is 14.9. The van der Waals surface area contributed by atoms with Gasteiger partial charge in [0.1, 0.15) is 17.2 Å². The summed E-state index contributed by atoms with van der Waals surface area (Å²) in [5.41, 5.74) is -0.397. The number of nitrogens with one attached hydrogen (secondary N) is 1. The van der Waals surface area contributed by atoms with E-state index in [1.165, 1.54) is 19.1 Å². The molecule has 1 saturated heterocycles. The van der Waals surface area contributed by atoms with Gasteiger partial charge in [-0.2, -0.15) is 0 Å². The zero-order valence-electron chi connectivity index (χ0n) is 12.0. The third kappa shape index (κ3) is 3.00. The minimum Gasteiger partial charge on any atom is -0.386 e. The fourth-order valence-corrected chi connectivity index (χ4v) is 2.44. The third-order valence-electron chi connectivity index (χ3n) is 4.12. The molecule has 2 rings (SSSR count). The second-order valence-electron chi connectivity index (χ2n) is 5.59. The molecule has 1 aliphatic rings. The monoisotopic (exact) mass is 285 g/mol. The largest absolute Gasteiger partial charge is 0.386 e. The topological polar surface area (TPSA) is 41.5 Å². The predicted molar refractivity (Wildman–Crippen MR) is 72.5 cm³/mol. The van der Waals surface area contributed by atoms with E-state index in [2.05, 4.69) is 5.32 Å². The van der Waals surface area contributed by atoms with E-state index in [0.29, 0.717) is 13.0 Å². The molecule has 0 amide bonds. The zero-order valence-corrected chi connectivity index (χ0v) is 12.0. The van der Waals surface area contributed by atoms with Gasteiger partial charge in [-0.15, -0.1) is 0 Å². The number of aryl methyl sites for hydroxylation is 1. The van der Waals surface area contributed by atoms with Crippen LogP contribution in [0.2, 0.25) is 0 Å². The molecule has 0 aliphatic carbocycles. The Balaban J connectivity index is 2.05. The molecule has 112 valence electrons. The van der Waals surface area contributed by atoms with Crippen molar-refractivity contribution in [2.45, 2.75) is 44.9 Å². The van der Waals surface area contributed by atoms with E-state index in [-0.39, 0.29) is 29.8 Å². The van der Waals surface area contributed by atoms with Crippen LogP contribution in [0, 0.1) is 18.6 Å². The Kier molecular flexibility index (Phi) is 4.42. The summed E-state index contributed by atoms with van der Waals surface area (Å²) in [6.45, 7) is 5.88. The van der Waals surface area contributed by atoms with Gasteiger partial charge in [-0.1, -0.05) is 0 Å². The summed E-state index contributed by atoms with van der Waals surface area (Å²) in [6.07, 6.45) is 0.278. The lowest BCUT2D eigenvalue weighted by Gasteiger charge is -2.28. The quantitative estimate of drug-likeness (QED) is 0.893. The van der Waals surface area contributed by atoms with Crippen LogP contribution in [0.5, 0.6) is 0 Å². The van der Waals surface area contributed by atoms with Gasteiger partial charge in [-0.3, -0.25) is 0 Å². The molecule has 0 aromatic heterocycles. The number of rotatable bonds is 4. The molecule has 20 heavy (non-hydrogen) atoms. The Morgan fingerprint density at radius 2 is 2.15 bits per heavy atom. The predicted octanol–water partition coefficient (Wildman–Crippen LogP) is 2.46. The molecule has 0 spiro atoms. The third-order valence-corrected chi connectivity index (χ3v) is 4.12. The molecular formula is C15H21F2NO2. The van der Waals surface area contributed by atoms with E-state index in [4.69, 9.17) is 4.74 Å². The first-order valence-electron chi connectivity index (χ1n) is 6.86. The van der Waals surface area contributed by atoms with Crippen LogP contribution < -0.4 is 5.32 Å². The van der Waals surface area contributed by atoms with Crippen molar-refractivity contribution in [1.29, 1.82) is 0 Å². The summed E-state index contributed by atoms with van der Waals surface area (Å²) in [5, 5.41) is 13.4. The van der Waals surface area contributed by atoms with E-state index in [1.54, 1.807) is 6.92 Å². The molecule has 1 aliphatic heterocycles. The molecule has 1 heterocycles. The van der Waals surface area contributed by atoms with Crippen molar-refractivity contribution in [1.82, 2.24) is 5.32 Å². The van der Waals surface area contributed by atoms with Crippen molar-refractivity contribution in [2.24, 2.45) is 0 Å². The molecule has 0 saturated carbocycles. The fourth-order valence-electron chi connectivity index (χ4n) is 2.44. The van der Waals surface area contributed by atoms with Crippen molar-refractivity contribution >= 4 is 0 Å². The van der Waals surface area contributed by atoms with Crippen molar-refractivity contribution in [3.63, 3.8) is 0 Å². The standard InChI is InChI=1S/C15H21F2NO2/c1-9-6-14(17)12(7-13(9)16)10(2)18-8-15(19)4-5-20-11(15)3/h6-7,10-11,18-19H,4-5,8H2,1-3H3. The number of benzene rings is 1. The lowest BCUT2D eigenvalue weighted by atomic mass is 9.95. The molecule has 3 atom stereocenters. The van der Waals surface area contributed by atoms with E-state index < -0.39 is 17.2 Å². The Hall–Kier alpha value is -1.04. The molecule has 5 heteroatoms. The van der Waals surface area contributed by atoms with Crippen molar-refractivity contribution < 1.29 is 18.6 Å². The first kappa shape index (κ1) is 15.4. The fraction of sp³-hybridized carbons (Fsp3) is 0.600. The summed E-state index contributed by atoms with van der Waals surface area (Å²) in [4.78, 5) is 0. The van der Waals surface area contributed by atoms with Crippen LogP contribution in [0.15, 0.2) is 12.1 Å². The number of hydrogen-bond acceptors (Lipinski definition) is 3. The maximum absolute atomic E-state index is 13.9. The van der Waals surface area contributed by atoms with Gasteiger partial charge in [0.05, 0.1) is 6.10 Å². The second-order valence-corrected chi connectivity index (χ2v) is 5.59. The number of hydrogen-bond donors (Lipinski definition) is 2. The molecule has 1 aromatic rings. The van der Waals surface area contributed by atoms with Gasteiger partial charge >= 0.3 is 0 Å². The van der Waals surface area contributed by atoms with Gasteiger partial charge in [0.2, 0.25) is 0 Å². The average molecular weight is 285 g/mol. The molecule has 0 radical (unpaired) electrons. The van der Waals surface area contributed by atoms with Crippen molar-refractivity contribution in [3.05, 3.63) is 34.9 Å². The van der Waals surface area contributed by atoms with Gasteiger partial charge < -0.3 is 15.2 Å². The lowest BCUT2D eigenvalue weighted by Crippen LogP contribution is -2.46. The van der Waals surface area contributed by atoms with Crippen LogP contribution in [-0.4, -0.2) is 30.0 Å². The van der Waals surface area contributed by atoms with Gasteiger partial charge in [-0.25, -0.2) is 8.78 Å². The maximum Gasteiger partial charge on any atom is 0.128 e. The highest BCUT2D eigenvalue weighted by atomic mass is 19.1. The van der Waals surface area contributed by atoms with E-state index in [1.807, 2.05) is 6.92 Å². The smallest absolute Gasteiger partial charge is 0.128 e. The number of ether oxygens (including phenoxy) is 1. The van der Waals surface area contributed by atoms with Crippen LogP contribution in [0.1, 0.15) is 37.4 Å². The molecular weight excluding hydrogens is 264 g/mol. The first-order chi connectivity index (χ1) is 9.33. The van der Waals surface area contributed by atoms with E-state index in [0.717, 1.165) is 0 Å². The summed E-state index contributed by atoms with van der Waals surface area (Å²) in [7, 11) is 0. The maximum atomic E-state index is 13.9. The minimum atomic E-state index is -0.950. The van der Waals surface area contributed by atoms with Crippen LogP contribution >= 0.6 is 0 Å². The van der Waals surface area contributed by atoms with E-state index >= 15 is 0 Å². The normalized spacial score (nSPS) is 27.8. The van der Waals surface area contributed by atoms with Crippen LogP contribution in [0.3, 0.4) is 0 Å². The average Bonchev–Trinajstić information content (AvgIpc) is 2.72. The van der Waals surface area contributed by atoms with Crippen molar-refractivity contribution in [2.75, 3.05) is 13.2 Å². The Labute approximate surface area is 117 Å². The Morgan fingerprint density at radius 1 is 1.45 bits per heavy atom. The van der Waals surface area contributed by atoms with Gasteiger partial charge in [0.15, 0.2) is 0 Å². The summed E-state index contributed by atoms with van der Waals surface area (Å²) in [6, 6.07) is 2.02. The summed E-state index contributed by atoms with van der Waals surface area (Å²) >= 11 is 0. The second kappa shape index (κ2) is 5.76. The van der Waals surface area contributed by atoms with Gasteiger partial charge in [-0.05, 0) is 38.5 Å². The van der Waals surface area contributed by atoms with Crippen LogP contribution in [-0.2, 0) is 4.74 Å². The first-order valence-corrected chi connectivity index (χ1v) is 6.86. The van der Waals surface area contributed by atoms with Crippen LogP contribution in [0.4, 0.5) is 8.78 Å². The number of halogens is 2. The van der Waals surface area contributed by atoms with Gasteiger partial charge in [0, 0.05) is 31.2 Å². The van der Waals surface area contributed by atoms with Gasteiger partial charge in [0.25, 0.3) is 0 Å². The molecule has 3 unspecified atom stereocenters. The Morgan fingerprint density at radius 3 is 2.75 bits per heavy atom. The highest BCUT2D eigenvalue weighted by molar-refractivity contribution is 5.27. The summed E-state index contributed by atoms with van der Waals surface area (Å²) in [5.74, 6) is -0.863. The minimum absolute atomic E-state index is 0.262. The van der Waals surface area contributed by atoms with Crippen molar-refractivity contribution in [3.8, 4) is 0 Å². The number of aliphatic hydroxyl groups is 1. The highest BCUT2D eigenvalue weighted by Crippen LogP contribution is 2.26. The van der Waals surface area contributed by atoms with E-state index in [9.17, 15) is 13.9 Å². The summed E-state index contributed by atoms with van der Waals surface area (Å²) < 4.78 is 32.7. The molecule has 2 N–H and O–H groups in total. The molecule has 0 bridgehead atoms. The molecule has 3 nitrogen and oxygen atoms in total. The SMILES string of the molecule is Cc1cc(F)c(C(C)NCC2(O)CCOC2C)cc1F. The molecule has 1 aromatic carbocycles. The molecule has 1 fully saturated rings. The Bertz CT molecular complexity index is 495.